The first-order chi connectivity index (χ1) is 16.2. The zero-order chi connectivity index (χ0) is 24.6. The molecular weight excluding hydrogens is 567 g/mol. The van der Waals surface area contributed by atoms with Gasteiger partial charge in [0.15, 0.2) is 11.6 Å². The molecule has 0 aliphatic rings. The van der Waals surface area contributed by atoms with Gasteiger partial charge in [-0.25, -0.2) is 9.37 Å². The molecule has 0 unspecified atom stereocenters. The van der Waals surface area contributed by atoms with Crippen LogP contribution in [0.15, 0.2) is 58.5 Å². The normalized spacial score (nSPS) is 12.1. The number of aromatic nitrogens is 5. The number of pyridine rings is 1. The van der Waals surface area contributed by atoms with Crippen molar-refractivity contribution in [1.82, 2.24) is 24.5 Å². The number of nitrogen functional groups attached to an aromatic ring is 1. The molecule has 0 fully saturated rings. The van der Waals surface area contributed by atoms with Gasteiger partial charge >= 0.3 is 0 Å². The molecule has 2 N–H and O–H groups in total. The molecule has 34 heavy (non-hydrogen) atoms. The minimum Gasteiger partial charge on any atom is -0.482 e. The monoisotopic (exact) mass is 588 g/mol. The van der Waals surface area contributed by atoms with E-state index in [0.717, 1.165) is 33.3 Å². The molecule has 1 aromatic carbocycles. The Hall–Kier alpha value is -2.98. The minimum atomic E-state index is -0.540. The third-order valence-electron chi connectivity index (χ3n) is 5.38. The molecule has 0 bridgehead atoms. The Labute approximate surface area is 213 Å². The Morgan fingerprint density at radius 1 is 1.21 bits per heavy atom. The van der Waals surface area contributed by atoms with Crippen LogP contribution in [-0.2, 0) is 13.6 Å². The number of rotatable bonds is 7. The summed E-state index contributed by atoms with van der Waals surface area (Å²) in [5.41, 5.74) is 10.4. The highest BCUT2D eigenvalue weighted by Gasteiger charge is 2.23. The molecule has 4 rings (SSSR count). The van der Waals surface area contributed by atoms with Crippen molar-refractivity contribution in [1.29, 1.82) is 0 Å². The first-order valence-electron chi connectivity index (χ1n) is 10.5. The molecule has 1 atom stereocenters. The van der Waals surface area contributed by atoms with Gasteiger partial charge < -0.3 is 10.5 Å². The van der Waals surface area contributed by atoms with Gasteiger partial charge in [0.05, 0.1) is 0 Å². The van der Waals surface area contributed by atoms with E-state index in [-0.39, 0.29) is 11.6 Å². The lowest BCUT2D eigenvalue weighted by atomic mass is 9.94. The standard InChI is InChI=1S/C24H23Br2FN6O/c1-5-33-12-20(23(26)31-33)13(2)19-11-32(4)30-22(19)17-7-6-16(27)9-18(17)14(3)34-21-8-15(25)10-29-24(21)28/h6-12,14H,2,5H2,1,3-4H3,(H2,28,29)/t14-/m1/s1. The number of aryl methyl sites for hydroxylation is 2. The van der Waals surface area contributed by atoms with E-state index in [4.69, 9.17) is 10.5 Å². The van der Waals surface area contributed by atoms with Gasteiger partial charge in [0.2, 0.25) is 0 Å². The summed E-state index contributed by atoms with van der Waals surface area (Å²) in [5, 5.41) is 9.14. The van der Waals surface area contributed by atoms with Crippen LogP contribution in [0.25, 0.3) is 16.8 Å². The topological polar surface area (TPSA) is 83.8 Å². The summed E-state index contributed by atoms with van der Waals surface area (Å²) in [5.74, 6) is 0.272. The molecule has 0 aliphatic carbocycles. The molecule has 7 nitrogen and oxygen atoms in total. The summed E-state index contributed by atoms with van der Waals surface area (Å²) >= 11 is 6.91. The number of nitrogens with zero attached hydrogens (tertiary/aromatic N) is 5. The van der Waals surface area contributed by atoms with Gasteiger partial charge in [-0.05, 0) is 75.5 Å². The summed E-state index contributed by atoms with van der Waals surface area (Å²) in [6, 6.07) is 6.30. The van der Waals surface area contributed by atoms with Gasteiger partial charge in [0.1, 0.15) is 22.2 Å². The molecule has 3 aromatic heterocycles. The number of nitrogens with two attached hydrogens (primary N) is 1. The second kappa shape index (κ2) is 9.71. The van der Waals surface area contributed by atoms with Gasteiger partial charge in [0, 0.05) is 58.9 Å². The molecule has 0 saturated carbocycles. The number of benzene rings is 1. The van der Waals surface area contributed by atoms with Crippen molar-refractivity contribution in [3.8, 4) is 17.0 Å². The molecule has 0 saturated heterocycles. The molecule has 0 spiro atoms. The molecule has 0 aliphatic heterocycles. The minimum absolute atomic E-state index is 0.248. The van der Waals surface area contributed by atoms with Crippen molar-refractivity contribution in [3.63, 3.8) is 0 Å². The molecule has 0 radical (unpaired) electrons. The smallest absolute Gasteiger partial charge is 0.166 e. The van der Waals surface area contributed by atoms with E-state index in [1.54, 1.807) is 23.0 Å². The molecule has 4 aromatic rings. The number of hydrogen-bond acceptors (Lipinski definition) is 5. The van der Waals surface area contributed by atoms with E-state index < -0.39 is 6.10 Å². The van der Waals surface area contributed by atoms with Crippen molar-refractivity contribution in [3.05, 3.63) is 81.0 Å². The predicted molar refractivity (Wildman–Crippen MR) is 138 cm³/mol. The Morgan fingerprint density at radius 3 is 2.68 bits per heavy atom. The summed E-state index contributed by atoms with van der Waals surface area (Å²) < 4.78 is 25.4. The van der Waals surface area contributed by atoms with Crippen LogP contribution in [0.5, 0.6) is 5.75 Å². The lowest BCUT2D eigenvalue weighted by Gasteiger charge is -2.19. The second-order valence-corrected chi connectivity index (χ2v) is 9.43. The summed E-state index contributed by atoms with van der Waals surface area (Å²) in [7, 11) is 1.84. The highest BCUT2D eigenvalue weighted by Crippen LogP contribution is 2.38. The lowest BCUT2D eigenvalue weighted by molar-refractivity contribution is 0.227. The molecular formula is C24H23Br2FN6O. The Balaban J connectivity index is 1.78. The van der Waals surface area contributed by atoms with Crippen LogP contribution < -0.4 is 10.5 Å². The van der Waals surface area contributed by atoms with Crippen molar-refractivity contribution in [2.45, 2.75) is 26.5 Å². The fraction of sp³-hybridized carbons (Fsp3) is 0.208. The number of anilines is 1. The third kappa shape index (κ3) is 4.78. The van der Waals surface area contributed by atoms with Crippen LogP contribution in [0, 0.1) is 5.82 Å². The Morgan fingerprint density at radius 2 is 1.97 bits per heavy atom. The maximum Gasteiger partial charge on any atom is 0.166 e. The van der Waals surface area contributed by atoms with Crippen LogP contribution >= 0.6 is 31.9 Å². The van der Waals surface area contributed by atoms with Gasteiger partial charge in [-0.2, -0.15) is 10.2 Å². The summed E-state index contributed by atoms with van der Waals surface area (Å²) in [6.07, 6.45) is 4.87. The summed E-state index contributed by atoms with van der Waals surface area (Å²) in [4.78, 5) is 4.11. The van der Waals surface area contributed by atoms with Crippen molar-refractivity contribution in [2.75, 3.05) is 5.73 Å². The maximum absolute atomic E-state index is 14.4. The average Bonchev–Trinajstić information content (AvgIpc) is 3.38. The van der Waals surface area contributed by atoms with Gasteiger partial charge in [0.25, 0.3) is 0 Å². The molecule has 176 valence electrons. The van der Waals surface area contributed by atoms with Crippen molar-refractivity contribution in [2.24, 2.45) is 7.05 Å². The average molecular weight is 590 g/mol. The lowest BCUT2D eigenvalue weighted by Crippen LogP contribution is -2.08. The first kappa shape index (κ1) is 24.2. The largest absolute Gasteiger partial charge is 0.482 e. The fourth-order valence-corrected chi connectivity index (χ4v) is 4.54. The van der Waals surface area contributed by atoms with Crippen LogP contribution in [0.2, 0.25) is 0 Å². The van der Waals surface area contributed by atoms with Crippen LogP contribution in [0.1, 0.15) is 36.6 Å². The van der Waals surface area contributed by atoms with E-state index in [0.29, 0.717) is 21.6 Å². The van der Waals surface area contributed by atoms with Crippen LogP contribution in [0.3, 0.4) is 0 Å². The molecule has 3 heterocycles. The van der Waals surface area contributed by atoms with Gasteiger partial charge in [-0.1, -0.05) is 6.58 Å². The van der Waals surface area contributed by atoms with E-state index in [2.05, 4.69) is 53.6 Å². The van der Waals surface area contributed by atoms with Gasteiger partial charge in [-0.3, -0.25) is 9.36 Å². The quantitative estimate of drug-likeness (QED) is 0.280. The van der Waals surface area contributed by atoms with E-state index in [1.165, 1.54) is 12.1 Å². The van der Waals surface area contributed by atoms with Crippen LogP contribution in [-0.4, -0.2) is 24.5 Å². The molecule has 10 heteroatoms. The highest BCUT2D eigenvalue weighted by atomic mass is 79.9. The first-order valence-corrected chi connectivity index (χ1v) is 12.1. The van der Waals surface area contributed by atoms with E-state index in [9.17, 15) is 4.39 Å². The fourth-order valence-electron chi connectivity index (χ4n) is 3.68. The number of hydrogen-bond donors (Lipinski definition) is 1. The second-order valence-electron chi connectivity index (χ2n) is 7.76. The number of ether oxygens (including phenoxy) is 1. The molecule has 0 amide bonds. The Bertz CT molecular complexity index is 1380. The van der Waals surface area contributed by atoms with Crippen molar-refractivity contribution < 1.29 is 9.13 Å². The predicted octanol–water partition coefficient (Wildman–Crippen LogP) is 6.15. The van der Waals surface area contributed by atoms with Crippen molar-refractivity contribution >= 4 is 43.3 Å². The van der Waals surface area contributed by atoms with E-state index >= 15 is 0 Å². The number of halogens is 3. The zero-order valence-corrected chi connectivity index (χ0v) is 22.1. The SMILES string of the molecule is C=C(c1cn(CC)nc1Br)c1cn(C)nc1-c1ccc(F)cc1[C@@H](C)Oc1cc(Br)cnc1N. The summed E-state index contributed by atoms with van der Waals surface area (Å²) in [6.45, 7) is 8.89. The van der Waals surface area contributed by atoms with E-state index in [1.807, 2.05) is 38.0 Å². The Kier molecular flexibility index (Phi) is 6.90. The highest BCUT2D eigenvalue weighted by molar-refractivity contribution is 9.10. The zero-order valence-electron chi connectivity index (χ0n) is 18.9. The third-order valence-corrected chi connectivity index (χ3v) is 6.40. The van der Waals surface area contributed by atoms with Crippen LogP contribution in [0.4, 0.5) is 10.2 Å². The van der Waals surface area contributed by atoms with Gasteiger partial charge in [-0.15, -0.1) is 0 Å². The maximum atomic E-state index is 14.4.